The molecule has 0 aliphatic rings. The molecule has 3 rings (SSSR count). The third-order valence-corrected chi connectivity index (χ3v) is 3.17. The Morgan fingerprint density at radius 3 is 2.88 bits per heavy atom. The molecule has 1 aromatic carbocycles. The van der Waals surface area contributed by atoms with Crippen molar-refractivity contribution in [2.45, 2.75) is 0 Å². The van der Waals surface area contributed by atoms with Gasteiger partial charge in [0.1, 0.15) is 0 Å². The number of thiazole rings is 1. The van der Waals surface area contributed by atoms with Crippen molar-refractivity contribution in [3.8, 4) is 10.9 Å². The molecule has 0 unspecified atom stereocenters. The molecular weight excluding hydrogens is 236 g/mol. The quantitative estimate of drug-likeness (QED) is 0.754. The van der Waals surface area contributed by atoms with Crippen LogP contribution in [0.2, 0.25) is 0 Å². The van der Waals surface area contributed by atoms with Crippen molar-refractivity contribution < 1.29 is 4.74 Å². The molecule has 0 spiro atoms. The lowest BCUT2D eigenvalue weighted by Gasteiger charge is -1.97. The summed E-state index contributed by atoms with van der Waals surface area (Å²) in [4.78, 5) is 18.3. The van der Waals surface area contributed by atoms with Gasteiger partial charge in [0.15, 0.2) is 5.75 Å². The number of benzene rings is 1. The van der Waals surface area contributed by atoms with Gasteiger partial charge < -0.3 is 9.72 Å². The van der Waals surface area contributed by atoms with Gasteiger partial charge in [0.05, 0.1) is 10.2 Å². The largest absolute Gasteiger partial charge is 0.425 e. The molecule has 0 fully saturated rings. The number of aromatic nitrogens is 2. The number of hydrogen-bond acceptors (Lipinski definition) is 4. The van der Waals surface area contributed by atoms with Crippen LogP contribution in [0.1, 0.15) is 0 Å². The molecule has 0 atom stereocenters. The van der Waals surface area contributed by atoms with E-state index in [0.717, 1.165) is 10.2 Å². The van der Waals surface area contributed by atoms with Gasteiger partial charge in [-0.2, -0.15) is 0 Å². The van der Waals surface area contributed by atoms with Crippen molar-refractivity contribution >= 4 is 21.6 Å². The van der Waals surface area contributed by atoms with E-state index in [9.17, 15) is 4.79 Å². The average molecular weight is 244 g/mol. The smallest absolute Gasteiger partial charge is 0.291 e. The normalized spacial score (nSPS) is 10.6. The van der Waals surface area contributed by atoms with Gasteiger partial charge in [0, 0.05) is 6.20 Å². The van der Waals surface area contributed by atoms with E-state index < -0.39 is 0 Å². The van der Waals surface area contributed by atoms with Crippen molar-refractivity contribution in [2.75, 3.05) is 0 Å². The number of para-hydroxylation sites is 1. The summed E-state index contributed by atoms with van der Waals surface area (Å²) in [6, 6.07) is 11.1. The van der Waals surface area contributed by atoms with Crippen molar-refractivity contribution in [1.82, 2.24) is 9.97 Å². The van der Waals surface area contributed by atoms with Gasteiger partial charge in [-0.15, -0.1) is 0 Å². The zero-order valence-electron chi connectivity index (χ0n) is 8.71. The summed E-state index contributed by atoms with van der Waals surface area (Å²) < 4.78 is 6.49. The number of H-pyrrole nitrogens is 1. The lowest BCUT2D eigenvalue weighted by Crippen LogP contribution is -2.06. The van der Waals surface area contributed by atoms with Crippen LogP contribution in [0.25, 0.3) is 10.2 Å². The van der Waals surface area contributed by atoms with Gasteiger partial charge in [0.2, 0.25) is 0 Å². The third kappa shape index (κ3) is 1.92. The summed E-state index contributed by atoms with van der Waals surface area (Å²) >= 11 is 1.41. The van der Waals surface area contributed by atoms with Crippen LogP contribution in [0, 0.1) is 0 Å². The summed E-state index contributed by atoms with van der Waals surface area (Å²) in [5.41, 5.74) is 0.617. The number of rotatable bonds is 2. The second-order valence-electron chi connectivity index (χ2n) is 3.41. The van der Waals surface area contributed by atoms with Crippen LogP contribution < -0.4 is 10.3 Å². The average Bonchev–Trinajstić information content (AvgIpc) is 2.74. The van der Waals surface area contributed by atoms with Crippen LogP contribution in [0.15, 0.2) is 47.4 Å². The SMILES string of the molecule is O=c1[nH]cccc1Oc1nc2ccccc2s1. The highest BCUT2D eigenvalue weighted by Gasteiger charge is 2.07. The summed E-state index contributed by atoms with van der Waals surface area (Å²) in [6.07, 6.45) is 1.56. The maximum atomic E-state index is 11.4. The molecule has 0 radical (unpaired) electrons. The molecule has 5 heteroatoms. The minimum Gasteiger partial charge on any atom is -0.425 e. The first-order chi connectivity index (χ1) is 8.33. The Hall–Kier alpha value is -2.14. The first-order valence-corrected chi connectivity index (χ1v) is 5.86. The molecule has 84 valence electrons. The second kappa shape index (κ2) is 4.03. The monoisotopic (exact) mass is 244 g/mol. The molecule has 0 saturated heterocycles. The number of fused-ring (bicyclic) bond motifs is 1. The van der Waals surface area contributed by atoms with Crippen LogP contribution in [-0.2, 0) is 0 Å². The Labute approximate surface area is 101 Å². The van der Waals surface area contributed by atoms with Gasteiger partial charge in [-0.05, 0) is 24.3 Å². The molecular formula is C12H8N2O2S. The third-order valence-electron chi connectivity index (χ3n) is 2.25. The molecule has 3 aromatic rings. The number of nitrogens with zero attached hydrogens (tertiary/aromatic N) is 1. The van der Waals surface area contributed by atoms with Crippen LogP contribution in [-0.4, -0.2) is 9.97 Å². The van der Waals surface area contributed by atoms with E-state index >= 15 is 0 Å². The van der Waals surface area contributed by atoms with Crippen LogP contribution in [0.5, 0.6) is 10.9 Å². The summed E-state index contributed by atoms with van der Waals surface area (Å²) in [6.45, 7) is 0. The Morgan fingerprint density at radius 1 is 1.18 bits per heavy atom. The fourth-order valence-corrected chi connectivity index (χ4v) is 2.30. The van der Waals surface area contributed by atoms with Crippen molar-refractivity contribution in [3.63, 3.8) is 0 Å². The highest BCUT2D eigenvalue weighted by atomic mass is 32.1. The number of nitrogens with one attached hydrogen (secondary N) is 1. The topological polar surface area (TPSA) is 55.0 Å². The molecule has 0 aliphatic heterocycles. The first kappa shape index (κ1) is 10.0. The van der Waals surface area contributed by atoms with E-state index in [0.29, 0.717) is 5.19 Å². The first-order valence-electron chi connectivity index (χ1n) is 5.04. The molecule has 0 aliphatic carbocycles. The van der Waals surface area contributed by atoms with E-state index in [1.165, 1.54) is 11.3 Å². The summed E-state index contributed by atoms with van der Waals surface area (Å²) in [5.74, 6) is 0.256. The zero-order valence-corrected chi connectivity index (χ0v) is 9.53. The van der Waals surface area contributed by atoms with E-state index in [-0.39, 0.29) is 11.3 Å². The molecule has 17 heavy (non-hydrogen) atoms. The molecule has 2 aromatic heterocycles. The predicted octanol–water partition coefficient (Wildman–Crippen LogP) is 2.78. The van der Waals surface area contributed by atoms with E-state index in [2.05, 4.69) is 9.97 Å². The van der Waals surface area contributed by atoms with Crippen molar-refractivity contribution in [3.05, 3.63) is 52.9 Å². The van der Waals surface area contributed by atoms with E-state index in [1.54, 1.807) is 18.3 Å². The Morgan fingerprint density at radius 2 is 2.06 bits per heavy atom. The maximum Gasteiger partial charge on any atom is 0.291 e. The van der Waals surface area contributed by atoms with Gasteiger partial charge >= 0.3 is 0 Å². The Kier molecular flexibility index (Phi) is 2.38. The van der Waals surface area contributed by atoms with Gasteiger partial charge in [-0.25, -0.2) is 4.98 Å². The molecule has 0 bridgehead atoms. The number of ether oxygens (including phenoxy) is 1. The predicted molar refractivity (Wildman–Crippen MR) is 66.8 cm³/mol. The molecule has 0 amide bonds. The van der Waals surface area contributed by atoms with Crippen molar-refractivity contribution in [2.24, 2.45) is 0 Å². The van der Waals surface area contributed by atoms with Crippen LogP contribution in [0.4, 0.5) is 0 Å². The van der Waals surface area contributed by atoms with Crippen LogP contribution >= 0.6 is 11.3 Å². The maximum absolute atomic E-state index is 11.4. The van der Waals surface area contributed by atoms with E-state index in [1.807, 2.05) is 24.3 Å². The Balaban J connectivity index is 2.00. The highest BCUT2D eigenvalue weighted by Crippen LogP contribution is 2.29. The zero-order chi connectivity index (χ0) is 11.7. The standard InChI is InChI=1S/C12H8N2O2S/c15-11-9(5-3-7-13-11)16-12-14-8-4-1-2-6-10(8)17-12/h1-7H,(H,13,15). The number of aromatic amines is 1. The lowest BCUT2D eigenvalue weighted by atomic mass is 10.3. The fraction of sp³-hybridized carbons (Fsp3) is 0. The second-order valence-corrected chi connectivity index (χ2v) is 4.41. The minimum absolute atomic E-state index is 0.256. The Bertz CT molecular complexity index is 684. The summed E-state index contributed by atoms with van der Waals surface area (Å²) in [7, 11) is 0. The van der Waals surface area contributed by atoms with Gasteiger partial charge in [-0.1, -0.05) is 23.5 Å². The fourth-order valence-electron chi connectivity index (χ4n) is 1.48. The van der Waals surface area contributed by atoms with Gasteiger partial charge in [-0.3, -0.25) is 4.79 Å². The molecule has 0 saturated carbocycles. The molecule has 2 heterocycles. The number of hydrogen-bond donors (Lipinski definition) is 1. The molecule has 4 nitrogen and oxygen atoms in total. The number of pyridine rings is 1. The minimum atomic E-state index is -0.258. The van der Waals surface area contributed by atoms with Crippen LogP contribution in [0.3, 0.4) is 0 Å². The highest BCUT2D eigenvalue weighted by molar-refractivity contribution is 7.20. The van der Waals surface area contributed by atoms with Gasteiger partial charge in [0.25, 0.3) is 10.8 Å². The van der Waals surface area contributed by atoms with Crippen molar-refractivity contribution in [1.29, 1.82) is 0 Å². The lowest BCUT2D eigenvalue weighted by molar-refractivity contribution is 0.472. The molecule has 1 N–H and O–H groups in total. The summed E-state index contributed by atoms with van der Waals surface area (Å²) in [5, 5.41) is 0.475. The van der Waals surface area contributed by atoms with E-state index in [4.69, 9.17) is 4.74 Å².